The molecule has 7 nitrogen and oxygen atoms in total. The van der Waals surface area contributed by atoms with E-state index in [1.807, 2.05) is 6.92 Å². The second-order valence-corrected chi connectivity index (χ2v) is 4.58. The Morgan fingerprint density at radius 1 is 1.25 bits per heavy atom. The molecule has 0 atom stereocenters. The maximum atomic E-state index is 12.0. The molecule has 3 amide bonds. The Labute approximate surface area is 117 Å². The maximum Gasteiger partial charge on any atom is 0.325 e. The summed E-state index contributed by atoms with van der Waals surface area (Å²) in [4.78, 5) is 48.6. The molecule has 1 heterocycles. The van der Waals surface area contributed by atoms with Crippen LogP contribution in [0.3, 0.4) is 0 Å². The fraction of sp³-hybridized carbons (Fsp3) is 0.692. The van der Waals surface area contributed by atoms with Gasteiger partial charge < -0.3 is 9.64 Å². The first-order valence-corrected chi connectivity index (χ1v) is 6.67. The molecule has 20 heavy (non-hydrogen) atoms. The van der Waals surface area contributed by atoms with Crippen molar-refractivity contribution in [1.82, 2.24) is 9.80 Å². The number of hydrogen-bond donors (Lipinski definition) is 0. The van der Waals surface area contributed by atoms with Crippen LogP contribution in [0.4, 0.5) is 0 Å². The number of methoxy groups -OCH3 is 1. The number of esters is 1. The lowest BCUT2D eigenvalue weighted by atomic mass is 10.3. The molecule has 0 radical (unpaired) electrons. The lowest BCUT2D eigenvalue weighted by Gasteiger charge is -2.22. The second-order valence-electron chi connectivity index (χ2n) is 4.58. The summed E-state index contributed by atoms with van der Waals surface area (Å²) in [7, 11) is 1.26. The van der Waals surface area contributed by atoms with E-state index in [4.69, 9.17) is 0 Å². The normalized spacial score (nSPS) is 14.6. The van der Waals surface area contributed by atoms with Gasteiger partial charge in [0.2, 0.25) is 17.7 Å². The number of ether oxygens (including phenoxy) is 1. The van der Waals surface area contributed by atoms with E-state index in [9.17, 15) is 19.2 Å². The molecule has 7 heteroatoms. The van der Waals surface area contributed by atoms with Gasteiger partial charge in [0.1, 0.15) is 6.54 Å². The van der Waals surface area contributed by atoms with Crippen LogP contribution in [0.5, 0.6) is 0 Å². The summed E-state index contributed by atoms with van der Waals surface area (Å²) in [6.45, 7) is 2.31. The van der Waals surface area contributed by atoms with Crippen molar-refractivity contribution >= 4 is 23.7 Å². The van der Waals surface area contributed by atoms with Gasteiger partial charge in [0, 0.05) is 32.4 Å². The maximum absolute atomic E-state index is 12.0. The zero-order valence-corrected chi connectivity index (χ0v) is 11.9. The van der Waals surface area contributed by atoms with Gasteiger partial charge in [-0.15, -0.1) is 0 Å². The van der Waals surface area contributed by atoms with Crippen molar-refractivity contribution in [3.8, 4) is 0 Å². The molecule has 0 unspecified atom stereocenters. The number of rotatable bonds is 7. The molecule has 1 aliphatic heterocycles. The monoisotopic (exact) mass is 284 g/mol. The van der Waals surface area contributed by atoms with Crippen molar-refractivity contribution in [1.29, 1.82) is 0 Å². The second kappa shape index (κ2) is 7.62. The predicted molar refractivity (Wildman–Crippen MR) is 69.5 cm³/mol. The van der Waals surface area contributed by atoms with Gasteiger partial charge in [-0.3, -0.25) is 24.1 Å². The predicted octanol–water partition coefficient (Wildman–Crippen LogP) is -0.0629. The van der Waals surface area contributed by atoms with Gasteiger partial charge in [-0.1, -0.05) is 6.92 Å². The van der Waals surface area contributed by atoms with Crippen molar-refractivity contribution in [3.63, 3.8) is 0 Å². The van der Waals surface area contributed by atoms with Crippen LogP contribution in [0.1, 0.15) is 32.6 Å². The van der Waals surface area contributed by atoms with Crippen LogP contribution in [-0.4, -0.2) is 60.2 Å². The highest BCUT2D eigenvalue weighted by Gasteiger charge is 2.29. The van der Waals surface area contributed by atoms with E-state index >= 15 is 0 Å². The molecule has 0 bridgehead atoms. The van der Waals surface area contributed by atoms with E-state index in [-0.39, 0.29) is 50.1 Å². The van der Waals surface area contributed by atoms with E-state index in [0.717, 1.165) is 4.90 Å². The largest absolute Gasteiger partial charge is 0.468 e. The van der Waals surface area contributed by atoms with Crippen molar-refractivity contribution in [2.75, 3.05) is 26.7 Å². The number of carbonyl (C=O) groups is 4. The van der Waals surface area contributed by atoms with Crippen LogP contribution in [0.25, 0.3) is 0 Å². The van der Waals surface area contributed by atoms with Gasteiger partial charge in [0.05, 0.1) is 7.11 Å². The smallest absolute Gasteiger partial charge is 0.325 e. The highest BCUT2D eigenvalue weighted by Crippen LogP contribution is 2.12. The molecule has 1 rings (SSSR count). The quantitative estimate of drug-likeness (QED) is 0.483. The van der Waals surface area contributed by atoms with Crippen molar-refractivity contribution < 1.29 is 23.9 Å². The van der Waals surface area contributed by atoms with Gasteiger partial charge >= 0.3 is 5.97 Å². The summed E-state index contributed by atoms with van der Waals surface area (Å²) < 4.78 is 4.54. The average Bonchev–Trinajstić information content (AvgIpc) is 2.74. The minimum Gasteiger partial charge on any atom is -0.468 e. The SMILES string of the molecule is CCCN(CC(=O)OC)C(=O)CCN1C(=O)CCC1=O. The number of nitrogens with zero attached hydrogens (tertiary/aromatic N) is 2. The number of hydrogen-bond acceptors (Lipinski definition) is 5. The van der Waals surface area contributed by atoms with Crippen LogP contribution >= 0.6 is 0 Å². The van der Waals surface area contributed by atoms with Gasteiger partial charge in [-0.05, 0) is 6.42 Å². The number of imide groups is 1. The molecule has 0 aliphatic carbocycles. The van der Waals surface area contributed by atoms with E-state index in [0.29, 0.717) is 13.0 Å². The van der Waals surface area contributed by atoms with Gasteiger partial charge in [0.15, 0.2) is 0 Å². The molecule has 0 aromatic rings. The summed E-state index contributed by atoms with van der Waals surface area (Å²) >= 11 is 0. The third-order valence-electron chi connectivity index (χ3n) is 3.10. The van der Waals surface area contributed by atoms with Crippen LogP contribution in [0.2, 0.25) is 0 Å². The zero-order valence-electron chi connectivity index (χ0n) is 11.9. The summed E-state index contributed by atoms with van der Waals surface area (Å²) in [5.74, 6) is -1.22. The summed E-state index contributed by atoms with van der Waals surface area (Å²) in [6.07, 6.45) is 1.18. The lowest BCUT2D eigenvalue weighted by Crippen LogP contribution is -2.39. The fourth-order valence-electron chi connectivity index (χ4n) is 2.02. The summed E-state index contributed by atoms with van der Waals surface area (Å²) in [6, 6.07) is 0. The standard InChI is InChI=1S/C13H20N2O5/c1-3-7-14(9-13(19)20-2)10(16)6-8-15-11(17)4-5-12(15)18/h3-9H2,1-2H3. The first-order valence-electron chi connectivity index (χ1n) is 6.67. The molecule has 0 saturated carbocycles. The average molecular weight is 284 g/mol. The minimum atomic E-state index is -0.486. The summed E-state index contributed by atoms with van der Waals surface area (Å²) in [5.41, 5.74) is 0. The van der Waals surface area contributed by atoms with Crippen LogP contribution in [-0.2, 0) is 23.9 Å². The van der Waals surface area contributed by atoms with Gasteiger partial charge in [-0.2, -0.15) is 0 Å². The first-order chi connectivity index (χ1) is 9.49. The van der Waals surface area contributed by atoms with E-state index in [2.05, 4.69) is 4.74 Å². The third-order valence-corrected chi connectivity index (χ3v) is 3.10. The molecule has 1 saturated heterocycles. The summed E-state index contributed by atoms with van der Waals surface area (Å²) in [5, 5.41) is 0. The molecule has 1 fully saturated rings. The molecular weight excluding hydrogens is 264 g/mol. The van der Waals surface area contributed by atoms with Gasteiger partial charge in [-0.25, -0.2) is 0 Å². The van der Waals surface area contributed by atoms with Crippen LogP contribution in [0, 0.1) is 0 Å². The Kier molecular flexibility index (Phi) is 6.14. The Bertz CT molecular complexity index is 392. The Morgan fingerprint density at radius 2 is 1.85 bits per heavy atom. The number of amides is 3. The zero-order chi connectivity index (χ0) is 15.1. The van der Waals surface area contributed by atoms with Crippen LogP contribution < -0.4 is 0 Å². The lowest BCUT2D eigenvalue weighted by molar-refractivity contribution is -0.148. The van der Waals surface area contributed by atoms with Crippen molar-refractivity contribution in [2.45, 2.75) is 32.6 Å². The number of carbonyl (C=O) groups excluding carboxylic acids is 4. The molecular formula is C13H20N2O5. The van der Waals surface area contributed by atoms with Crippen molar-refractivity contribution in [2.24, 2.45) is 0 Å². The Hall–Kier alpha value is -1.92. The Morgan fingerprint density at radius 3 is 2.35 bits per heavy atom. The van der Waals surface area contributed by atoms with Gasteiger partial charge in [0.25, 0.3) is 0 Å². The topological polar surface area (TPSA) is 84.0 Å². The first kappa shape index (κ1) is 16.1. The third kappa shape index (κ3) is 4.32. The highest BCUT2D eigenvalue weighted by atomic mass is 16.5. The molecule has 0 spiro atoms. The highest BCUT2D eigenvalue weighted by molar-refractivity contribution is 6.02. The Balaban J connectivity index is 2.51. The van der Waals surface area contributed by atoms with E-state index < -0.39 is 5.97 Å². The number of likely N-dealkylation sites (tertiary alicyclic amines) is 1. The minimum absolute atomic E-state index is 0.0362. The molecule has 0 N–H and O–H groups in total. The molecule has 0 aromatic carbocycles. The van der Waals surface area contributed by atoms with E-state index in [1.54, 1.807) is 0 Å². The van der Waals surface area contributed by atoms with Crippen molar-refractivity contribution in [3.05, 3.63) is 0 Å². The molecule has 1 aliphatic rings. The van der Waals surface area contributed by atoms with Crippen LogP contribution in [0.15, 0.2) is 0 Å². The fourth-order valence-corrected chi connectivity index (χ4v) is 2.02. The van der Waals surface area contributed by atoms with E-state index in [1.165, 1.54) is 12.0 Å². The molecule has 0 aromatic heterocycles. The molecule has 112 valence electrons.